The Bertz CT molecular complexity index is 521. The van der Waals surface area contributed by atoms with Crippen molar-refractivity contribution in [3.05, 3.63) is 28.2 Å². The minimum atomic E-state index is -0.181. The standard InChI is InChI=1S/C16H22Cl2N2OS/c1-12(22-15-11-13(17)5-6-14(15)18)16(21)19(2)9-10-20-7-3-4-8-20/h5-6,11-12H,3-4,7-10H2,1-2H3. The molecule has 1 aliphatic heterocycles. The maximum atomic E-state index is 12.5. The van der Waals surface area contributed by atoms with E-state index in [4.69, 9.17) is 23.2 Å². The first-order valence-electron chi connectivity index (χ1n) is 7.56. The molecule has 0 aliphatic carbocycles. The van der Waals surface area contributed by atoms with Gasteiger partial charge < -0.3 is 9.80 Å². The molecule has 1 aromatic rings. The zero-order chi connectivity index (χ0) is 16.1. The SMILES string of the molecule is CC(Sc1cc(Cl)ccc1Cl)C(=O)N(C)CCN1CCCC1. The van der Waals surface area contributed by atoms with Gasteiger partial charge in [0.05, 0.1) is 10.3 Å². The fourth-order valence-electron chi connectivity index (χ4n) is 2.53. The topological polar surface area (TPSA) is 23.6 Å². The van der Waals surface area contributed by atoms with Crippen LogP contribution >= 0.6 is 35.0 Å². The first-order chi connectivity index (χ1) is 10.5. The number of likely N-dealkylation sites (N-methyl/N-ethyl adjacent to an activating group) is 1. The fraction of sp³-hybridized carbons (Fsp3) is 0.562. The third-order valence-electron chi connectivity index (χ3n) is 3.87. The van der Waals surface area contributed by atoms with Crippen molar-refractivity contribution in [3.8, 4) is 0 Å². The largest absolute Gasteiger partial charge is 0.344 e. The molecule has 1 atom stereocenters. The molecule has 0 bridgehead atoms. The number of nitrogens with zero attached hydrogens (tertiary/aromatic N) is 2. The number of hydrogen-bond donors (Lipinski definition) is 0. The van der Waals surface area contributed by atoms with Crippen molar-refractivity contribution in [3.63, 3.8) is 0 Å². The Morgan fingerprint density at radius 2 is 2.05 bits per heavy atom. The van der Waals surface area contributed by atoms with Crippen LogP contribution in [0.15, 0.2) is 23.1 Å². The molecule has 0 aromatic heterocycles. The molecule has 0 spiro atoms. The highest BCUT2D eigenvalue weighted by Crippen LogP contribution is 2.33. The summed E-state index contributed by atoms with van der Waals surface area (Å²) in [7, 11) is 1.87. The number of rotatable bonds is 6. The number of amides is 1. The molecule has 1 fully saturated rings. The van der Waals surface area contributed by atoms with Crippen molar-refractivity contribution in [2.75, 3.05) is 33.2 Å². The van der Waals surface area contributed by atoms with Gasteiger partial charge in [-0.3, -0.25) is 4.79 Å². The van der Waals surface area contributed by atoms with Crippen molar-refractivity contribution in [1.29, 1.82) is 0 Å². The second-order valence-electron chi connectivity index (χ2n) is 5.64. The van der Waals surface area contributed by atoms with E-state index in [1.165, 1.54) is 24.6 Å². The van der Waals surface area contributed by atoms with Crippen LogP contribution in [0.3, 0.4) is 0 Å². The van der Waals surface area contributed by atoms with Crippen LogP contribution in [0, 0.1) is 0 Å². The van der Waals surface area contributed by atoms with Crippen LogP contribution < -0.4 is 0 Å². The van der Waals surface area contributed by atoms with E-state index in [2.05, 4.69) is 4.90 Å². The molecular formula is C16H22Cl2N2OS. The van der Waals surface area contributed by atoms with Crippen LogP contribution in [-0.2, 0) is 4.79 Å². The van der Waals surface area contributed by atoms with Gasteiger partial charge in [-0.25, -0.2) is 0 Å². The molecular weight excluding hydrogens is 339 g/mol. The first-order valence-corrected chi connectivity index (χ1v) is 9.20. The Hall–Kier alpha value is -0.420. The van der Waals surface area contributed by atoms with E-state index < -0.39 is 0 Å². The van der Waals surface area contributed by atoms with Gasteiger partial charge in [0.25, 0.3) is 0 Å². The number of carbonyl (C=O) groups is 1. The van der Waals surface area contributed by atoms with E-state index in [-0.39, 0.29) is 11.2 Å². The molecule has 0 saturated carbocycles. The lowest BCUT2D eigenvalue weighted by Crippen LogP contribution is -2.38. The Morgan fingerprint density at radius 1 is 1.36 bits per heavy atom. The molecule has 1 heterocycles. The third-order valence-corrected chi connectivity index (χ3v) is 5.69. The molecule has 6 heteroatoms. The lowest BCUT2D eigenvalue weighted by Gasteiger charge is -2.24. The van der Waals surface area contributed by atoms with Crippen LogP contribution in [-0.4, -0.2) is 54.2 Å². The summed E-state index contributed by atoms with van der Waals surface area (Å²) >= 11 is 13.6. The van der Waals surface area contributed by atoms with Gasteiger partial charge in [-0.1, -0.05) is 23.2 Å². The number of likely N-dealkylation sites (tertiary alicyclic amines) is 1. The normalized spacial score (nSPS) is 16.7. The maximum absolute atomic E-state index is 12.5. The third kappa shape index (κ3) is 5.05. The average Bonchev–Trinajstić information content (AvgIpc) is 3.01. The number of thioether (sulfide) groups is 1. The zero-order valence-corrected chi connectivity index (χ0v) is 15.3. The van der Waals surface area contributed by atoms with E-state index in [1.807, 2.05) is 24.9 Å². The quantitative estimate of drug-likeness (QED) is 0.715. The molecule has 1 amide bonds. The van der Waals surface area contributed by atoms with Crippen molar-refractivity contribution in [2.24, 2.45) is 0 Å². The van der Waals surface area contributed by atoms with Gasteiger partial charge in [0, 0.05) is 30.1 Å². The van der Waals surface area contributed by atoms with Crippen LogP contribution in [0.25, 0.3) is 0 Å². The Labute approximate surface area is 146 Å². The van der Waals surface area contributed by atoms with Gasteiger partial charge in [-0.05, 0) is 51.1 Å². The Kier molecular flexibility index (Phi) is 6.87. The van der Waals surface area contributed by atoms with E-state index in [9.17, 15) is 4.79 Å². The lowest BCUT2D eigenvalue weighted by atomic mass is 10.3. The predicted octanol–water partition coefficient (Wildman–Crippen LogP) is 4.03. The molecule has 0 radical (unpaired) electrons. The van der Waals surface area contributed by atoms with Crippen molar-refractivity contribution >= 4 is 40.9 Å². The van der Waals surface area contributed by atoms with Crippen LogP contribution in [0.2, 0.25) is 10.0 Å². The molecule has 1 unspecified atom stereocenters. The number of benzene rings is 1. The molecule has 0 N–H and O–H groups in total. The summed E-state index contributed by atoms with van der Waals surface area (Å²) in [6.45, 7) is 5.95. The second-order valence-corrected chi connectivity index (χ2v) is 7.87. The molecule has 1 saturated heterocycles. The highest BCUT2D eigenvalue weighted by molar-refractivity contribution is 8.00. The summed E-state index contributed by atoms with van der Waals surface area (Å²) in [6.07, 6.45) is 2.55. The first kappa shape index (κ1) is 17.9. The molecule has 22 heavy (non-hydrogen) atoms. The van der Waals surface area contributed by atoms with Gasteiger partial charge in [0.15, 0.2) is 0 Å². The monoisotopic (exact) mass is 360 g/mol. The lowest BCUT2D eigenvalue weighted by molar-refractivity contribution is -0.129. The van der Waals surface area contributed by atoms with Crippen LogP contribution in [0.5, 0.6) is 0 Å². The highest BCUT2D eigenvalue weighted by Gasteiger charge is 2.21. The van der Waals surface area contributed by atoms with Crippen LogP contribution in [0.1, 0.15) is 19.8 Å². The predicted molar refractivity (Wildman–Crippen MR) is 95.1 cm³/mol. The summed E-state index contributed by atoms with van der Waals surface area (Å²) in [5, 5.41) is 1.09. The van der Waals surface area contributed by atoms with E-state index in [0.717, 1.165) is 31.1 Å². The molecule has 122 valence electrons. The molecule has 1 aromatic carbocycles. The minimum Gasteiger partial charge on any atom is -0.344 e. The summed E-state index contributed by atoms with van der Waals surface area (Å²) in [4.78, 5) is 17.5. The molecule has 3 nitrogen and oxygen atoms in total. The Morgan fingerprint density at radius 3 is 2.73 bits per heavy atom. The smallest absolute Gasteiger partial charge is 0.235 e. The zero-order valence-electron chi connectivity index (χ0n) is 13.0. The van der Waals surface area contributed by atoms with Gasteiger partial charge in [-0.2, -0.15) is 0 Å². The average molecular weight is 361 g/mol. The van der Waals surface area contributed by atoms with Crippen LogP contribution in [0.4, 0.5) is 0 Å². The Balaban J connectivity index is 1.86. The van der Waals surface area contributed by atoms with E-state index in [0.29, 0.717) is 10.0 Å². The van der Waals surface area contributed by atoms with Crippen molar-refractivity contribution in [1.82, 2.24) is 9.80 Å². The summed E-state index contributed by atoms with van der Waals surface area (Å²) in [5.41, 5.74) is 0. The fourth-order valence-corrected chi connectivity index (χ4v) is 4.05. The highest BCUT2D eigenvalue weighted by atomic mass is 35.5. The summed E-state index contributed by atoms with van der Waals surface area (Å²) in [6, 6.07) is 5.33. The molecule has 1 aliphatic rings. The van der Waals surface area contributed by atoms with Crippen molar-refractivity contribution < 1.29 is 4.79 Å². The van der Waals surface area contributed by atoms with E-state index >= 15 is 0 Å². The summed E-state index contributed by atoms with van der Waals surface area (Å²) in [5.74, 6) is 0.125. The number of halogens is 2. The van der Waals surface area contributed by atoms with Gasteiger partial charge in [0.2, 0.25) is 5.91 Å². The molecule has 2 rings (SSSR count). The van der Waals surface area contributed by atoms with E-state index in [1.54, 1.807) is 12.1 Å². The number of hydrogen-bond acceptors (Lipinski definition) is 3. The maximum Gasteiger partial charge on any atom is 0.235 e. The number of carbonyl (C=O) groups excluding carboxylic acids is 1. The van der Waals surface area contributed by atoms with Gasteiger partial charge in [0.1, 0.15) is 0 Å². The minimum absolute atomic E-state index is 0.125. The summed E-state index contributed by atoms with van der Waals surface area (Å²) < 4.78 is 0. The van der Waals surface area contributed by atoms with Crippen molar-refractivity contribution in [2.45, 2.75) is 29.9 Å². The second kappa shape index (κ2) is 8.44. The van der Waals surface area contributed by atoms with Gasteiger partial charge >= 0.3 is 0 Å². The van der Waals surface area contributed by atoms with Gasteiger partial charge in [-0.15, -0.1) is 11.8 Å².